The van der Waals surface area contributed by atoms with Gasteiger partial charge in [-0.3, -0.25) is 0 Å². The van der Waals surface area contributed by atoms with Crippen LogP contribution in [-0.2, 0) is 4.74 Å². The number of hydrogen-bond donors (Lipinski definition) is 1. The maximum absolute atomic E-state index is 14.9. The quantitative estimate of drug-likeness (QED) is 0.547. The highest BCUT2D eigenvalue weighted by atomic mass is 19.1. The van der Waals surface area contributed by atoms with Crippen molar-refractivity contribution >= 4 is 28.4 Å². The van der Waals surface area contributed by atoms with Gasteiger partial charge in [0.15, 0.2) is 11.6 Å². The summed E-state index contributed by atoms with van der Waals surface area (Å²) in [5, 5.41) is 3.91. The largest absolute Gasteiger partial charge is 0.378 e. The SMILES string of the molecule is Fc1cc(-n2ccc3cnc(Nc4ccccc4)nc32)cc(F)c1N1CCOCC1. The zero-order valence-corrected chi connectivity index (χ0v) is 16.1. The topological polar surface area (TPSA) is 55.2 Å². The number of fused-ring (bicyclic) bond motifs is 1. The Bertz CT molecular complexity index is 1170. The van der Waals surface area contributed by atoms with Gasteiger partial charge in [0.05, 0.1) is 18.9 Å². The Kier molecular flexibility index (Phi) is 4.76. The molecule has 1 N–H and O–H groups in total. The Hall–Kier alpha value is -3.52. The minimum Gasteiger partial charge on any atom is -0.378 e. The van der Waals surface area contributed by atoms with Gasteiger partial charge in [0.2, 0.25) is 5.95 Å². The lowest BCUT2D eigenvalue weighted by atomic mass is 10.2. The molecule has 0 bridgehead atoms. The molecule has 0 amide bonds. The summed E-state index contributed by atoms with van der Waals surface area (Å²) in [4.78, 5) is 10.5. The van der Waals surface area contributed by atoms with Crippen molar-refractivity contribution in [1.82, 2.24) is 14.5 Å². The molecule has 4 aromatic rings. The molecular formula is C22H19F2N5O. The maximum atomic E-state index is 14.9. The number of ether oxygens (including phenoxy) is 1. The summed E-state index contributed by atoms with van der Waals surface area (Å²) >= 11 is 0. The van der Waals surface area contributed by atoms with E-state index in [1.165, 1.54) is 12.1 Å². The van der Waals surface area contributed by atoms with Crippen molar-refractivity contribution in [3.05, 3.63) is 72.6 Å². The van der Waals surface area contributed by atoms with Crippen LogP contribution in [-0.4, -0.2) is 40.8 Å². The fourth-order valence-corrected chi connectivity index (χ4v) is 3.62. The van der Waals surface area contributed by atoms with Gasteiger partial charge in [0.1, 0.15) is 11.3 Å². The first-order valence-corrected chi connectivity index (χ1v) is 9.67. The molecule has 1 aliphatic heterocycles. The molecule has 6 nitrogen and oxygen atoms in total. The van der Waals surface area contributed by atoms with Crippen LogP contribution in [0.15, 0.2) is 60.9 Å². The summed E-state index contributed by atoms with van der Waals surface area (Å²) < 4.78 is 36.7. The average Bonchev–Trinajstić information content (AvgIpc) is 3.18. The summed E-state index contributed by atoms with van der Waals surface area (Å²) in [5.74, 6) is -0.810. The molecule has 0 radical (unpaired) electrons. The van der Waals surface area contributed by atoms with Gasteiger partial charge in [-0.25, -0.2) is 13.8 Å². The van der Waals surface area contributed by atoms with E-state index >= 15 is 0 Å². The van der Waals surface area contributed by atoms with Crippen LogP contribution < -0.4 is 10.2 Å². The molecule has 0 saturated carbocycles. The highest BCUT2D eigenvalue weighted by Gasteiger charge is 2.21. The zero-order valence-electron chi connectivity index (χ0n) is 16.1. The minimum absolute atomic E-state index is 0.0143. The van der Waals surface area contributed by atoms with E-state index in [4.69, 9.17) is 4.74 Å². The maximum Gasteiger partial charge on any atom is 0.229 e. The van der Waals surface area contributed by atoms with E-state index in [1.807, 2.05) is 36.4 Å². The molecule has 0 unspecified atom stereocenters. The summed E-state index contributed by atoms with van der Waals surface area (Å²) in [5.41, 5.74) is 1.75. The highest BCUT2D eigenvalue weighted by molar-refractivity contribution is 5.79. The number of halogens is 2. The number of anilines is 3. The first-order chi connectivity index (χ1) is 14.7. The fourth-order valence-electron chi connectivity index (χ4n) is 3.62. The average molecular weight is 407 g/mol. The monoisotopic (exact) mass is 407 g/mol. The van der Waals surface area contributed by atoms with Crippen LogP contribution in [0, 0.1) is 11.6 Å². The number of rotatable bonds is 4. The van der Waals surface area contributed by atoms with Gasteiger partial charge < -0.3 is 19.5 Å². The predicted octanol–water partition coefficient (Wildman–Crippen LogP) is 4.28. The molecule has 0 spiro atoms. The predicted molar refractivity (Wildman–Crippen MR) is 112 cm³/mol. The van der Waals surface area contributed by atoms with Gasteiger partial charge >= 0.3 is 0 Å². The van der Waals surface area contributed by atoms with E-state index in [0.29, 0.717) is 43.6 Å². The number of aromatic nitrogens is 3. The number of benzene rings is 2. The van der Waals surface area contributed by atoms with E-state index in [-0.39, 0.29) is 5.69 Å². The molecule has 0 aliphatic carbocycles. The lowest BCUT2D eigenvalue weighted by molar-refractivity contribution is 0.122. The Labute approximate surface area is 171 Å². The third-order valence-electron chi connectivity index (χ3n) is 5.06. The van der Waals surface area contributed by atoms with Gasteiger partial charge in [-0.2, -0.15) is 4.98 Å². The Balaban J connectivity index is 1.52. The highest BCUT2D eigenvalue weighted by Crippen LogP contribution is 2.29. The number of nitrogens with zero attached hydrogens (tertiary/aromatic N) is 4. The second-order valence-corrected chi connectivity index (χ2v) is 7.01. The van der Waals surface area contributed by atoms with Crippen molar-refractivity contribution in [1.29, 1.82) is 0 Å². The van der Waals surface area contributed by atoms with E-state index in [9.17, 15) is 8.78 Å². The first-order valence-electron chi connectivity index (χ1n) is 9.67. The van der Waals surface area contributed by atoms with Crippen molar-refractivity contribution in [3.8, 4) is 5.69 Å². The number of hydrogen-bond acceptors (Lipinski definition) is 5. The molecule has 0 atom stereocenters. The fraction of sp³-hybridized carbons (Fsp3) is 0.182. The Morgan fingerprint density at radius 2 is 1.70 bits per heavy atom. The van der Waals surface area contributed by atoms with Crippen molar-refractivity contribution in [2.45, 2.75) is 0 Å². The third-order valence-corrected chi connectivity index (χ3v) is 5.06. The van der Waals surface area contributed by atoms with Gasteiger partial charge in [-0.05, 0) is 18.2 Å². The van der Waals surface area contributed by atoms with Gasteiger partial charge in [0, 0.05) is 48.7 Å². The second-order valence-electron chi connectivity index (χ2n) is 7.01. The lowest BCUT2D eigenvalue weighted by Gasteiger charge is -2.29. The summed E-state index contributed by atoms with van der Waals surface area (Å²) in [6, 6.07) is 14.0. The Morgan fingerprint density at radius 3 is 2.43 bits per heavy atom. The third kappa shape index (κ3) is 3.46. The van der Waals surface area contributed by atoms with Crippen molar-refractivity contribution in [3.63, 3.8) is 0 Å². The van der Waals surface area contributed by atoms with Crippen LogP contribution in [0.3, 0.4) is 0 Å². The smallest absolute Gasteiger partial charge is 0.229 e. The van der Waals surface area contributed by atoms with Crippen molar-refractivity contribution in [2.24, 2.45) is 0 Å². The molecule has 5 rings (SSSR count). The minimum atomic E-state index is -0.606. The molecule has 3 heterocycles. The van der Waals surface area contributed by atoms with Crippen molar-refractivity contribution < 1.29 is 13.5 Å². The molecule has 1 saturated heterocycles. The lowest BCUT2D eigenvalue weighted by Crippen LogP contribution is -2.37. The van der Waals surface area contributed by atoms with Gasteiger partial charge in [0.25, 0.3) is 0 Å². The molecule has 8 heteroatoms. The molecule has 152 valence electrons. The van der Waals surface area contributed by atoms with Crippen LogP contribution in [0.5, 0.6) is 0 Å². The normalized spacial score (nSPS) is 14.3. The molecule has 30 heavy (non-hydrogen) atoms. The molecule has 1 fully saturated rings. The van der Waals surface area contributed by atoms with Crippen LogP contribution >= 0.6 is 0 Å². The zero-order chi connectivity index (χ0) is 20.5. The van der Waals surface area contributed by atoms with E-state index in [0.717, 1.165) is 11.1 Å². The Morgan fingerprint density at radius 1 is 0.967 bits per heavy atom. The van der Waals surface area contributed by atoms with E-state index in [2.05, 4.69) is 15.3 Å². The van der Waals surface area contributed by atoms with Gasteiger partial charge in [-0.1, -0.05) is 18.2 Å². The number of morpholine rings is 1. The standard InChI is InChI=1S/C22H19F2N5O/c23-18-12-17(13-19(24)20(18)28-8-10-30-11-9-28)29-7-6-15-14-25-22(27-21(15)29)26-16-4-2-1-3-5-16/h1-7,12-14H,8-11H2,(H,25,26,27). The van der Waals surface area contributed by atoms with E-state index in [1.54, 1.807) is 21.9 Å². The van der Waals surface area contributed by atoms with Crippen LogP contribution in [0.2, 0.25) is 0 Å². The number of para-hydroxylation sites is 1. The molecule has 1 aliphatic rings. The summed E-state index contributed by atoms with van der Waals surface area (Å²) in [6.45, 7) is 1.83. The molecule has 2 aromatic heterocycles. The number of nitrogens with one attached hydrogen (secondary N) is 1. The second kappa shape index (κ2) is 7.72. The van der Waals surface area contributed by atoms with E-state index < -0.39 is 11.6 Å². The summed E-state index contributed by atoms with van der Waals surface area (Å²) in [6.07, 6.45) is 3.41. The van der Waals surface area contributed by atoms with Crippen LogP contribution in [0.4, 0.5) is 26.1 Å². The van der Waals surface area contributed by atoms with Crippen LogP contribution in [0.25, 0.3) is 16.7 Å². The first kappa shape index (κ1) is 18.5. The van der Waals surface area contributed by atoms with Crippen LogP contribution in [0.1, 0.15) is 0 Å². The van der Waals surface area contributed by atoms with Gasteiger partial charge in [-0.15, -0.1) is 0 Å². The summed E-state index contributed by atoms with van der Waals surface area (Å²) in [7, 11) is 0. The molecular weight excluding hydrogens is 388 g/mol. The van der Waals surface area contributed by atoms with Crippen molar-refractivity contribution in [2.75, 3.05) is 36.5 Å². The molecule has 2 aromatic carbocycles.